The zero-order chi connectivity index (χ0) is 13.1. The normalized spacial score (nSPS) is 10.6. The Morgan fingerprint density at radius 1 is 1.33 bits per heavy atom. The number of aromatic nitrogens is 1. The van der Waals surface area contributed by atoms with E-state index >= 15 is 0 Å². The van der Waals surface area contributed by atoms with E-state index in [1.54, 1.807) is 6.07 Å². The number of hydrogen-bond acceptors (Lipinski definition) is 3. The van der Waals surface area contributed by atoms with Crippen LogP contribution in [0.5, 0.6) is 0 Å². The number of carbonyl (C=O) groups is 1. The third-order valence-corrected chi connectivity index (χ3v) is 2.80. The van der Waals surface area contributed by atoms with Crippen molar-refractivity contribution in [2.45, 2.75) is 13.8 Å². The number of nitrogens with zero attached hydrogens (tertiary/aromatic N) is 1. The van der Waals surface area contributed by atoms with E-state index in [9.17, 15) is 4.79 Å². The highest BCUT2D eigenvalue weighted by molar-refractivity contribution is 5.98. The number of nitrogens with one attached hydrogen (secondary N) is 1. The summed E-state index contributed by atoms with van der Waals surface area (Å²) in [6.07, 6.45) is 0. The molecule has 18 heavy (non-hydrogen) atoms. The van der Waals surface area contributed by atoms with Crippen molar-refractivity contribution in [1.82, 2.24) is 10.3 Å². The second kappa shape index (κ2) is 5.14. The number of hydrogen-bond donors (Lipinski definition) is 2. The Labute approximate surface area is 106 Å². The van der Waals surface area contributed by atoms with Gasteiger partial charge in [0.05, 0.1) is 12.1 Å². The molecule has 1 amide bonds. The van der Waals surface area contributed by atoms with Gasteiger partial charge in [-0.05, 0) is 43.7 Å². The largest absolute Gasteiger partial charge is 0.395 e. The van der Waals surface area contributed by atoms with Crippen molar-refractivity contribution in [3.63, 3.8) is 0 Å². The van der Waals surface area contributed by atoms with Crippen LogP contribution in [0.1, 0.15) is 21.6 Å². The second-order valence-corrected chi connectivity index (χ2v) is 4.29. The molecule has 4 nitrogen and oxygen atoms in total. The number of aliphatic hydroxyl groups is 1. The third kappa shape index (κ3) is 2.49. The molecule has 0 aliphatic carbocycles. The van der Waals surface area contributed by atoms with Gasteiger partial charge in [-0.15, -0.1) is 0 Å². The Bertz CT molecular complexity index is 594. The SMILES string of the molecule is Cc1cc(C)c2cc(C(=O)NCCO)ccc2n1. The molecule has 2 aromatic rings. The Morgan fingerprint density at radius 3 is 2.83 bits per heavy atom. The smallest absolute Gasteiger partial charge is 0.251 e. The van der Waals surface area contributed by atoms with E-state index in [0.29, 0.717) is 5.56 Å². The van der Waals surface area contributed by atoms with Gasteiger partial charge in [0.25, 0.3) is 5.91 Å². The van der Waals surface area contributed by atoms with Crippen molar-refractivity contribution >= 4 is 16.8 Å². The summed E-state index contributed by atoms with van der Waals surface area (Å²) in [5, 5.41) is 12.3. The molecule has 2 N–H and O–H groups in total. The van der Waals surface area contributed by atoms with Crippen LogP contribution in [-0.2, 0) is 0 Å². The minimum atomic E-state index is -0.175. The molecule has 4 heteroatoms. The Hall–Kier alpha value is -1.94. The van der Waals surface area contributed by atoms with Gasteiger partial charge in [0, 0.05) is 23.2 Å². The van der Waals surface area contributed by atoms with E-state index in [1.807, 2.05) is 32.0 Å². The lowest BCUT2D eigenvalue weighted by atomic mass is 10.1. The second-order valence-electron chi connectivity index (χ2n) is 4.29. The van der Waals surface area contributed by atoms with E-state index in [4.69, 9.17) is 5.11 Å². The first-order valence-corrected chi connectivity index (χ1v) is 5.89. The Kier molecular flexibility index (Phi) is 3.58. The molecule has 0 aliphatic heterocycles. The Balaban J connectivity index is 2.41. The maximum atomic E-state index is 11.8. The van der Waals surface area contributed by atoms with E-state index in [1.165, 1.54) is 0 Å². The molecule has 0 radical (unpaired) electrons. The zero-order valence-electron chi connectivity index (χ0n) is 10.5. The molecule has 2 rings (SSSR count). The van der Waals surface area contributed by atoms with Crippen molar-refractivity contribution < 1.29 is 9.90 Å². The summed E-state index contributed by atoms with van der Waals surface area (Å²) in [5.41, 5.74) is 3.56. The van der Waals surface area contributed by atoms with Gasteiger partial charge >= 0.3 is 0 Å². The molecule has 0 saturated carbocycles. The molecule has 0 saturated heterocycles. The first-order chi connectivity index (χ1) is 8.61. The van der Waals surface area contributed by atoms with Gasteiger partial charge in [0.2, 0.25) is 0 Å². The van der Waals surface area contributed by atoms with Crippen molar-refractivity contribution in [3.8, 4) is 0 Å². The summed E-state index contributed by atoms with van der Waals surface area (Å²) in [6.45, 7) is 4.17. The van der Waals surface area contributed by atoms with Crippen LogP contribution in [0.3, 0.4) is 0 Å². The van der Waals surface area contributed by atoms with Crippen molar-refractivity contribution in [2.75, 3.05) is 13.2 Å². The lowest BCUT2D eigenvalue weighted by Crippen LogP contribution is -2.26. The van der Waals surface area contributed by atoms with Gasteiger partial charge in [-0.3, -0.25) is 9.78 Å². The summed E-state index contributed by atoms with van der Waals surface area (Å²) in [5.74, 6) is -0.175. The molecule has 1 aromatic heterocycles. The molecule has 0 bridgehead atoms. The molecule has 0 atom stereocenters. The summed E-state index contributed by atoms with van der Waals surface area (Å²) in [4.78, 5) is 16.2. The van der Waals surface area contributed by atoms with Gasteiger partial charge in [-0.1, -0.05) is 0 Å². The quantitative estimate of drug-likeness (QED) is 0.861. The summed E-state index contributed by atoms with van der Waals surface area (Å²) >= 11 is 0. The molecule has 0 fully saturated rings. The number of aliphatic hydroxyl groups excluding tert-OH is 1. The number of benzene rings is 1. The molecule has 0 aliphatic rings. The predicted molar refractivity (Wildman–Crippen MR) is 70.6 cm³/mol. The molecule has 94 valence electrons. The van der Waals surface area contributed by atoms with E-state index in [0.717, 1.165) is 22.2 Å². The van der Waals surface area contributed by atoms with E-state index in [-0.39, 0.29) is 19.1 Å². The zero-order valence-corrected chi connectivity index (χ0v) is 10.5. The first-order valence-electron chi connectivity index (χ1n) is 5.89. The molecular weight excluding hydrogens is 228 g/mol. The third-order valence-electron chi connectivity index (χ3n) is 2.80. The van der Waals surface area contributed by atoms with E-state index in [2.05, 4.69) is 10.3 Å². The molecule has 1 aromatic carbocycles. The lowest BCUT2D eigenvalue weighted by Gasteiger charge is -2.07. The van der Waals surface area contributed by atoms with Crippen LogP contribution >= 0.6 is 0 Å². The van der Waals surface area contributed by atoms with Crippen molar-refractivity contribution in [2.24, 2.45) is 0 Å². The maximum absolute atomic E-state index is 11.8. The topological polar surface area (TPSA) is 62.2 Å². The van der Waals surface area contributed by atoms with Gasteiger partial charge in [0.15, 0.2) is 0 Å². The maximum Gasteiger partial charge on any atom is 0.251 e. The molecule has 0 spiro atoms. The number of aryl methyl sites for hydroxylation is 2. The molecule has 0 unspecified atom stereocenters. The summed E-state index contributed by atoms with van der Waals surface area (Å²) < 4.78 is 0. The van der Waals surface area contributed by atoms with E-state index < -0.39 is 0 Å². The number of carbonyl (C=O) groups excluding carboxylic acids is 1. The van der Waals surface area contributed by atoms with Crippen LogP contribution in [0.4, 0.5) is 0 Å². The number of rotatable bonds is 3. The van der Waals surface area contributed by atoms with Crippen molar-refractivity contribution in [1.29, 1.82) is 0 Å². The van der Waals surface area contributed by atoms with Gasteiger partial charge in [0.1, 0.15) is 0 Å². The first kappa shape index (κ1) is 12.5. The average Bonchev–Trinajstić information content (AvgIpc) is 2.35. The highest BCUT2D eigenvalue weighted by Gasteiger charge is 2.07. The minimum Gasteiger partial charge on any atom is -0.395 e. The van der Waals surface area contributed by atoms with Crippen LogP contribution in [0, 0.1) is 13.8 Å². The highest BCUT2D eigenvalue weighted by Crippen LogP contribution is 2.19. The lowest BCUT2D eigenvalue weighted by molar-refractivity contribution is 0.0945. The fraction of sp³-hybridized carbons (Fsp3) is 0.286. The minimum absolute atomic E-state index is 0.0564. The predicted octanol–water partition coefficient (Wildman–Crippen LogP) is 1.57. The Morgan fingerprint density at radius 2 is 2.11 bits per heavy atom. The number of pyridine rings is 1. The van der Waals surface area contributed by atoms with Crippen molar-refractivity contribution in [3.05, 3.63) is 41.1 Å². The van der Waals surface area contributed by atoms with Crippen LogP contribution < -0.4 is 5.32 Å². The summed E-state index contributed by atoms with van der Waals surface area (Å²) in [6, 6.07) is 7.44. The fourth-order valence-corrected chi connectivity index (χ4v) is 1.98. The number of fused-ring (bicyclic) bond motifs is 1. The fourth-order valence-electron chi connectivity index (χ4n) is 1.98. The number of amides is 1. The molecule has 1 heterocycles. The average molecular weight is 244 g/mol. The van der Waals surface area contributed by atoms with Crippen LogP contribution in [0.25, 0.3) is 10.9 Å². The van der Waals surface area contributed by atoms with Crippen LogP contribution in [0.15, 0.2) is 24.3 Å². The van der Waals surface area contributed by atoms with Crippen LogP contribution in [0.2, 0.25) is 0 Å². The van der Waals surface area contributed by atoms with Gasteiger partial charge in [-0.2, -0.15) is 0 Å². The standard InChI is InChI=1S/C14H16N2O2/c1-9-7-10(2)16-13-4-3-11(8-12(9)13)14(18)15-5-6-17/h3-4,7-8,17H,5-6H2,1-2H3,(H,15,18). The molecular formula is C14H16N2O2. The van der Waals surface area contributed by atoms with Crippen LogP contribution in [-0.4, -0.2) is 29.1 Å². The monoisotopic (exact) mass is 244 g/mol. The highest BCUT2D eigenvalue weighted by atomic mass is 16.3. The van der Waals surface area contributed by atoms with Gasteiger partial charge < -0.3 is 10.4 Å². The summed E-state index contributed by atoms with van der Waals surface area (Å²) in [7, 11) is 0. The van der Waals surface area contributed by atoms with Gasteiger partial charge in [-0.25, -0.2) is 0 Å².